The Balaban J connectivity index is 1.65. The summed E-state index contributed by atoms with van der Waals surface area (Å²) in [7, 11) is 1.59. The van der Waals surface area contributed by atoms with Gasteiger partial charge in [0.2, 0.25) is 11.8 Å². The Hall–Kier alpha value is -3.60. The van der Waals surface area contributed by atoms with Crippen LogP contribution in [0.4, 0.5) is 5.82 Å². The number of amides is 2. The zero-order chi connectivity index (χ0) is 24.0. The van der Waals surface area contributed by atoms with Gasteiger partial charge in [-0.1, -0.05) is 18.2 Å². The number of hydrogen-bond donors (Lipinski definition) is 2. The number of carbonyl (C=O) groups excluding carboxylic acids is 2. The summed E-state index contributed by atoms with van der Waals surface area (Å²) in [4.78, 5) is 31.5. The Morgan fingerprint density at radius 3 is 2.61 bits per heavy atom. The maximum atomic E-state index is 13.1. The van der Waals surface area contributed by atoms with Gasteiger partial charge in [0.1, 0.15) is 23.7 Å². The highest BCUT2D eigenvalue weighted by Crippen LogP contribution is 2.25. The SMILES string of the molecule is COc1ccccc1C[C@@H](NC(C)=O)C(=O)NC1CCN(c2nc(C)cc(C)c2C#N)CC1. The fourth-order valence-corrected chi connectivity index (χ4v) is 4.27. The van der Waals surface area contributed by atoms with Crippen molar-refractivity contribution in [2.45, 2.75) is 52.1 Å². The molecule has 0 aliphatic carbocycles. The number of hydrogen-bond acceptors (Lipinski definition) is 6. The van der Waals surface area contributed by atoms with Gasteiger partial charge in [-0.25, -0.2) is 4.98 Å². The van der Waals surface area contributed by atoms with Gasteiger partial charge in [-0.15, -0.1) is 0 Å². The molecule has 1 fully saturated rings. The number of benzene rings is 1. The summed E-state index contributed by atoms with van der Waals surface area (Å²) in [5.41, 5.74) is 3.26. The molecule has 2 heterocycles. The van der Waals surface area contributed by atoms with Gasteiger partial charge in [-0.2, -0.15) is 5.26 Å². The van der Waals surface area contributed by atoms with Crippen LogP contribution < -0.4 is 20.3 Å². The van der Waals surface area contributed by atoms with Gasteiger partial charge >= 0.3 is 0 Å². The van der Waals surface area contributed by atoms with Crippen molar-refractivity contribution in [1.29, 1.82) is 5.26 Å². The van der Waals surface area contributed by atoms with E-state index in [1.54, 1.807) is 7.11 Å². The molecule has 1 aromatic carbocycles. The highest BCUT2D eigenvalue weighted by atomic mass is 16.5. The molecule has 8 nitrogen and oxygen atoms in total. The number of rotatable bonds is 7. The van der Waals surface area contributed by atoms with Crippen LogP contribution in [0.25, 0.3) is 0 Å². The number of para-hydroxylation sites is 1. The highest BCUT2D eigenvalue weighted by Gasteiger charge is 2.27. The number of piperidine rings is 1. The molecule has 8 heteroatoms. The summed E-state index contributed by atoms with van der Waals surface area (Å²) in [6.45, 7) is 6.63. The lowest BCUT2D eigenvalue weighted by Crippen LogP contribution is -2.52. The quantitative estimate of drug-likeness (QED) is 0.672. The molecule has 1 atom stereocenters. The van der Waals surface area contributed by atoms with E-state index in [1.807, 2.05) is 44.2 Å². The Kier molecular flexibility index (Phi) is 7.88. The topological polar surface area (TPSA) is 107 Å². The third kappa shape index (κ3) is 6.01. The number of pyridine rings is 1. The lowest BCUT2D eigenvalue weighted by atomic mass is 10.0. The van der Waals surface area contributed by atoms with Crippen LogP contribution in [0.1, 0.15) is 42.1 Å². The van der Waals surface area contributed by atoms with Crippen molar-refractivity contribution in [3.05, 3.63) is 52.7 Å². The maximum absolute atomic E-state index is 13.1. The molecule has 1 saturated heterocycles. The first kappa shape index (κ1) is 24.1. The van der Waals surface area contributed by atoms with Crippen LogP contribution in [0.3, 0.4) is 0 Å². The average molecular weight is 450 g/mol. The fraction of sp³-hybridized carbons (Fsp3) is 0.440. The molecule has 1 aliphatic heterocycles. The van der Waals surface area contributed by atoms with Crippen molar-refractivity contribution in [3.8, 4) is 11.8 Å². The van der Waals surface area contributed by atoms with Crippen LogP contribution >= 0.6 is 0 Å². The molecule has 0 unspecified atom stereocenters. The van der Waals surface area contributed by atoms with Crippen LogP contribution in [-0.4, -0.2) is 49.1 Å². The average Bonchev–Trinajstić information content (AvgIpc) is 2.78. The number of nitriles is 1. The number of carbonyl (C=O) groups is 2. The molecular weight excluding hydrogens is 418 g/mol. The normalized spacial score (nSPS) is 14.8. The molecule has 3 rings (SSSR count). The third-order valence-corrected chi connectivity index (χ3v) is 5.89. The van der Waals surface area contributed by atoms with Crippen molar-refractivity contribution in [1.82, 2.24) is 15.6 Å². The minimum atomic E-state index is -0.692. The van der Waals surface area contributed by atoms with Gasteiger partial charge in [-0.05, 0) is 49.9 Å². The number of anilines is 1. The third-order valence-electron chi connectivity index (χ3n) is 5.89. The first-order valence-electron chi connectivity index (χ1n) is 11.1. The van der Waals surface area contributed by atoms with Crippen LogP contribution in [0, 0.1) is 25.2 Å². The minimum absolute atomic E-state index is 0.0147. The first-order valence-corrected chi connectivity index (χ1v) is 11.1. The van der Waals surface area contributed by atoms with Crippen molar-refractivity contribution >= 4 is 17.6 Å². The molecule has 0 radical (unpaired) electrons. The first-order chi connectivity index (χ1) is 15.8. The molecule has 1 aliphatic rings. The van der Waals surface area contributed by atoms with Crippen LogP contribution in [0.15, 0.2) is 30.3 Å². The Bertz CT molecular complexity index is 1050. The molecule has 33 heavy (non-hydrogen) atoms. The Morgan fingerprint density at radius 1 is 1.27 bits per heavy atom. The highest BCUT2D eigenvalue weighted by molar-refractivity contribution is 5.87. The number of aromatic nitrogens is 1. The lowest BCUT2D eigenvalue weighted by Gasteiger charge is -2.34. The predicted octanol–water partition coefficient (Wildman–Crippen LogP) is 2.41. The summed E-state index contributed by atoms with van der Waals surface area (Å²) in [6.07, 6.45) is 1.80. The summed E-state index contributed by atoms with van der Waals surface area (Å²) in [5.74, 6) is 0.928. The second-order valence-electron chi connectivity index (χ2n) is 8.43. The molecule has 0 spiro atoms. The summed E-state index contributed by atoms with van der Waals surface area (Å²) in [5, 5.41) is 15.4. The van der Waals surface area contributed by atoms with Crippen molar-refractivity contribution < 1.29 is 14.3 Å². The van der Waals surface area contributed by atoms with Gasteiger partial charge in [0.15, 0.2) is 0 Å². The molecule has 2 amide bonds. The molecule has 0 saturated carbocycles. The van der Waals surface area contributed by atoms with Crippen LogP contribution in [0.5, 0.6) is 5.75 Å². The Labute approximate surface area is 195 Å². The molecule has 174 valence electrons. The largest absolute Gasteiger partial charge is 0.496 e. The standard InChI is InChI=1S/C25H31N5O3/c1-16-13-17(2)27-24(21(16)15-26)30-11-9-20(10-12-30)29-25(32)22(28-18(3)31)14-19-7-5-6-8-23(19)33-4/h5-8,13,20,22H,9-12,14H2,1-4H3,(H,28,31)(H,29,32)/t22-/m1/s1. The number of aryl methyl sites for hydroxylation is 2. The van der Waals surface area contributed by atoms with E-state index in [0.29, 0.717) is 36.6 Å². The second kappa shape index (κ2) is 10.8. The second-order valence-corrected chi connectivity index (χ2v) is 8.43. The van der Waals surface area contributed by atoms with E-state index in [0.717, 1.165) is 29.7 Å². The van der Waals surface area contributed by atoms with E-state index in [1.165, 1.54) is 6.92 Å². The maximum Gasteiger partial charge on any atom is 0.243 e. The summed E-state index contributed by atoms with van der Waals surface area (Å²) in [6, 6.07) is 11.0. The number of nitrogens with one attached hydrogen (secondary N) is 2. The molecular formula is C25H31N5O3. The van der Waals surface area contributed by atoms with E-state index in [-0.39, 0.29) is 17.9 Å². The molecule has 2 aromatic rings. The van der Waals surface area contributed by atoms with E-state index >= 15 is 0 Å². The molecule has 2 N–H and O–H groups in total. The lowest BCUT2D eigenvalue weighted by molar-refractivity contribution is -0.128. The number of ether oxygens (including phenoxy) is 1. The van der Waals surface area contributed by atoms with E-state index in [2.05, 4.69) is 26.6 Å². The van der Waals surface area contributed by atoms with Crippen molar-refractivity contribution in [2.24, 2.45) is 0 Å². The number of nitrogens with zero attached hydrogens (tertiary/aromatic N) is 3. The summed E-state index contributed by atoms with van der Waals surface area (Å²) < 4.78 is 5.39. The zero-order valence-electron chi connectivity index (χ0n) is 19.6. The molecule has 1 aromatic heterocycles. The van der Waals surface area contributed by atoms with Crippen molar-refractivity contribution in [2.75, 3.05) is 25.1 Å². The van der Waals surface area contributed by atoms with Gasteiger partial charge in [-0.3, -0.25) is 9.59 Å². The smallest absolute Gasteiger partial charge is 0.243 e. The van der Waals surface area contributed by atoms with Crippen LogP contribution in [0.2, 0.25) is 0 Å². The van der Waals surface area contributed by atoms with Gasteiger partial charge in [0.25, 0.3) is 0 Å². The van der Waals surface area contributed by atoms with Crippen LogP contribution in [-0.2, 0) is 16.0 Å². The predicted molar refractivity (Wildman–Crippen MR) is 126 cm³/mol. The van der Waals surface area contributed by atoms with E-state index in [4.69, 9.17) is 4.74 Å². The number of methoxy groups -OCH3 is 1. The zero-order valence-corrected chi connectivity index (χ0v) is 19.6. The van der Waals surface area contributed by atoms with E-state index in [9.17, 15) is 14.9 Å². The monoisotopic (exact) mass is 449 g/mol. The van der Waals surface area contributed by atoms with Gasteiger partial charge in [0.05, 0.1) is 12.7 Å². The minimum Gasteiger partial charge on any atom is -0.496 e. The molecule has 0 bridgehead atoms. The van der Waals surface area contributed by atoms with Crippen molar-refractivity contribution in [3.63, 3.8) is 0 Å². The van der Waals surface area contributed by atoms with Gasteiger partial charge in [0, 0.05) is 38.2 Å². The van der Waals surface area contributed by atoms with E-state index < -0.39 is 6.04 Å². The van der Waals surface area contributed by atoms with Gasteiger partial charge < -0.3 is 20.3 Å². The Morgan fingerprint density at radius 2 is 1.97 bits per heavy atom. The summed E-state index contributed by atoms with van der Waals surface area (Å²) >= 11 is 0. The fourth-order valence-electron chi connectivity index (χ4n) is 4.27.